The third kappa shape index (κ3) is 5.49. The van der Waals surface area contributed by atoms with Crippen molar-refractivity contribution >= 4 is 17.4 Å². The molecule has 0 saturated heterocycles. The van der Waals surface area contributed by atoms with Crippen molar-refractivity contribution in [2.75, 3.05) is 18.5 Å². The van der Waals surface area contributed by atoms with Crippen LogP contribution in [-0.4, -0.2) is 41.0 Å². The van der Waals surface area contributed by atoms with E-state index in [1.165, 1.54) is 5.56 Å². The number of hydrogen-bond acceptors (Lipinski definition) is 7. The largest absolute Gasteiger partial charge is 0.490 e. The molecule has 0 aliphatic carbocycles. The summed E-state index contributed by atoms with van der Waals surface area (Å²) >= 11 is 0. The number of aliphatic imine (C=N–C) groups is 1. The molecule has 0 atom stereocenters. The number of carbonyl (C=O) groups excluding carboxylic acids is 1. The predicted molar refractivity (Wildman–Crippen MR) is 153 cm³/mol. The van der Waals surface area contributed by atoms with Crippen molar-refractivity contribution in [1.29, 1.82) is 0 Å². The van der Waals surface area contributed by atoms with E-state index in [9.17, 15) is 4.79 Å². The highest BCUT2D eigenvalue weighted by molar-refractivity contribution is 6.17. The highest BCUT2D eigenvalue weighted by atomic mass is 16.5. The van der Waals surface area contributed by atoms with Gasteiger partial charge < -0.3 is 19.5 Å². The van der Waals surface area contributed by atoms with Crippen LogP contribution < -0.4 is 14.8 Å². The third-order valence-corrected chi connectivity index (χ3v) is 6.96. The maximum Gasteiger partial charge on any atom is 0.340 e. The fraction of sp³-hybridized carbons (Fsp3) is 0.406. The summed E-state index contributed by atoms with van der Waals surface area (Å²) in [6.45, 7) is 13.7. The fourth-order valence-electron chi connectivity index (χ4n) is 5.45. The number of esters is 1. The molecule has 2 aromatic carbocycles. The van der Waals surface area contributed by atoms with Crippen molar-refractivity contribution in [3.8, 4) is 11.5 Å². The van der Waals surface area contributed by atoms with Gasteiger partial charge in [-0.2, -0.15) is 0 Å². The molecule has 0 saturated carbocycles. The Morgan fingerprint density at radius 2 is 1.87 bits per heavy atom. The van der Waals surface area contributed by atoms with Gasteiger partial charge in [0.15, 0.2) is 11.5 Å². The second kappa shape index (κ2) is 10.4. The second-order valence-corrected chi connectivity index (χ2v) is 11.3. The number of hydrogen-bond donors (Lipinski definition) is 1. The molecular formula is C32H37N3O4. The highest BCUT2D eigenvalue weighted by Gasteiger charge is 2.40. The van der Waals surface area contributed by atoms with Crippen LogP contribution in [0.3, 0.4) is 0 Å². The lowest BCUT2D eigenvalue weighted by Gasteiger charge is -2.31. The Hall–Kier alpha value is -3.87. The van der Waals surface area contributed by atoms with Gasteiger partial charge in [0.05, 0.1) is 42.3 Å². The Kier molecular flexibility index (Phi) is 7.10. The normalized spacial score (nSPS) is 16.4. The molecule has 1 aromatic heterocycles. The van der Waals surface area contributed by atoms with Gasteiger partial charge in [0.2, 0.25) is 0 Å². The van der Waals surface area contributed by atoms with Gasteiger partial charge in [-0.25, -0.2) is 4.79 Å². The first kappa shape index (κ1) is 26.7. The molecule has 39 heavy (non-hydrogen) atoms. The molecule has 1 N–H and O–H groups in total. The van der Waals surface area contributed by atoms with E-state index in [2.05, 4.69) is 44.1 Å². The van der Waals surface area contributed by atoms with Crippen LogP contribution in [0, 0.1) is 0 Å². The number of ether oxygens (including phenoxy) is 3. The summed E-state index contributed by atoms with van der Waals surface area (Å²) in [4.78, 5) is 22.5. The number of nitrogens with one attached hydrogen (secondary N) is 1. The van der Waals surface area contributed by atoms with Gasteiger partial charge in [-0.1, -0.05) is 12.1 Å². The smallest absolute Gasteiger partial charge is 0.340 e. The molecule has 5 rings (SSSR count). The lowest BCUT2D eigenvalue weighted by molar-refractivity contribution is 0.0527. The molecule has 0 spiro atoms. The molecule has 3 aromatic rings. The van der Waals surface area contributed by atoms with Crippen molar-refractivity contribution in [3.05, 3.63) is 82.2 Å². The molecule has 2 aliphatic rings. The average molecular weight is 528 g/mol. The number of fused-ring (bicyclic) bond motifs is 3. The van der Waals surface area contributed by atoms with Gasteiger partial charge in [-0.05, 0) is 83.9 Å². The first-order valence-corrected chi connectivity index (χ1v) is 13.7. The highest BCUT2D eigenvalue weighted by Crippen LogP contribution is 2.48. The minimum atomic E-state index is -0.365. The number of aromatic nitrogens is 1. The Balaban J connectivity index is 1.63. The van der Waals surface area contributed by atoms with Gasteiger partial charge in [0, 0.05) is 35.0 Å². The molecule has 204 valence electrons. The van der Waals surface area contributed by atoms with Crippen molar-refractivity contribution in [3.63, 3.8) is 0 Å². The maximum absolute atomic E-state index is 12.9. The number of anilines is 1. The van der Waals surface area contributed by atoms with E-state index in [4.69, 9.17) is 19.2 Å². The number of benzene rings is 2. The van der Waals surface area contributed by atoms with Crippen LogP contribution in [-0.2, 0) is 24.1 Å². The predicted octanol–water partition coefficient (Wildman–Crippen LogP) is 6.15. The maximum atomic E-state index is 12.9. The van der Waals surface area contributed by atoms with E-state index in [1.54, 1.807) is 6.20 Å². The minimum Gasteiger partial charge on any atom is -0.490 e. The number of nitrogens with zero attached hydrogens (tertiary/aromatic N) is 2. The zero-order valence-corrected chi connectivity index (χ0v) is 23.7. The van der Waals surface area contributed by atoms with E-state index in [0.29, 0.717) is 31.0 Å². The standard InChI is InChI=1S/C32H37N3O4/c1-7-37-26-16-21-17-31(3,4)35-28(27(21)24-18-32(5,6)39-29(24)26)20-12-13-23(30(36)38-8-2)25(15-20)34-19-22-11-9-10-14-33-22/h9-16,34H,7-8,17-19H2,1-6H3. The summed E-state index contributed by atoms with van der Waals surface area (Å²) in [7, 11) is 0. The molecule has 7 heteroatoms. The zero-order chi connectivity index (χ0) is 27.8. The summed E-state index contributed by atoms with van der Waals surface area (Å²) in [5, 5.41) is 3.42. The molecule has 0 unspecified atom stereocenters. The summed E-state index contributed by atoms with van der Waals surface area (Å²) in [5.74, 6) is 1.24. The van der Waals surface area contributed by atoms with Crippen LogP contribution in [0.15, 0.2) is 53.7 Å². The van der Waals surface area contributed by atoms with Gasteiger partial charge in [0.1, 0.15) is 5.60 Å². The van der Waals surface area contributed by atoms with E-state index in [1.807, 2.05) is 50.2 Å². The van der Waals surface area contributed by atoms with E-state index < -0.39 is 0 Å². The van der Waals surface area contributed by atoms with Gasteiger partial charge in [0.25, 0.3) is 0 Å². The quantitative estimate of drug-likeness (QED) is 0.354. The number of carbonyl (C=O) groups is 1. The van der Waals surface area contributed by atoms with E-state index in [0.717, 1.165) is 52.4 Å². The van der Waals surface area contributed by atoms with Crippen molar-refractivity contribution in [1.82, 2.24) is 4.98 Å². The SMILES string of the molecule is CCOC(=O)c1ccc(C2=NC(C)(C)Cc3cc(OCC)c4c(c32)CC(C)(C)O4)cc1NCc1ccccn1. The first-order valence-electron chi connectivity index (χ1n) is 13.7. The Morgan fingerprint density at radius 1 is 1.05 bits per heavy atom. The molecule has 0 bridgehead atoms. The average Bonchev–Trinajstić information content (AvgIpc) is 3.22. The zero-order valence-electron chi connectivity index (χ0n) is 23.7. The van der Waals surface area contributed by atoms with Crippen LogP contribution in [0.5, 0.6) is 11.5 Å². The van der Waals surface area contributed by atoms with Crippen molar-refractivity contribution < 1.29 is 19.0 Å². The molecule has 0 radical (unpaired) electrons. The van der Waals surface area contributed by atoms with Crippen molar-refractivity contribution in [2.24, 2.45) is 4.99 Å². The molecule has 0 amide bonds. The van der Waals surface area contributed by atoms with Crippen LogP contribution >= 0.6 is 0 Å². The van der Waals surface area contributed by atoms with E-state index in [-0.39, 0.29) is 17.1 Å². The fourth-order valence-corrected chi connectivity index (χ4v) is 5.45. The first-order chi connectivity index (χ1) is 18.6. The Labute approximate surface area is 230 Å². The van der Waals surface area contributed by atoms with E-state index >= 15 is 0 Å². The van der Waals surface area contributed by atoms with Gasteiger partial charge in [-0.15, -0.1) is 0 Å². The molecule has 0 fully saturated rings. The monoisotopic (exact) mass is 527 g/mol. The lowest BCUT2D eigenvalue weighted by Crippen LogP contribution is -2.30. The number of rotatable bonds is 8. The lowest BCUT2D eigenvalue weighted by atomic mass is 9.80. The number of pyridine rings is 1. The van der Waals surface area contributed by atoms with Crippen molar-refractivity contribution in [2.45, 2.75) is 72.1 Å². The summed E-state index contributed by atoms with van der Waals surface area (Å²) in [5.41, 5.74) is 6.66. The molecule has 2 aliphatic heterocycles. The topological polar surface area (TPSA) is 82.0 Å². The van der Waals surface area contributed by atoms with Crippen LogP contribution in [0.2, 0.25) is 0 Å². The second-order valence-electron chi connectivity index (χ2n) is 11.3. The summed E-state index contributed by atoms with van der Waals surface area (Å²) in [6, 6.07) is 13.7. The van der Waals surface area contributed by atoms with Gasteiger partial charge >= 0.3 is 5.97 Å². The Morgan fingerprint density at radius 3 is 2.59 bits per heavy atom. The summed E-state index contributed by atoms with van der Waals surface area (Å²) < 4.78 is 17.8. The van der Waals surface area contributed by atoms with Crippen LogP contribution in [0.1, 0.15) is 79.8 Å². The van der Waals surface area contributed by atoms with Crippen LogP contribution in [0.4, 0.5) is 5.69 Å². The molecule has 7 nitrogen and oxygen atoms in total. The minimum absolute atomic E-state index is 0.304. The summed E-state index contributed by atoms with van der Waals surface area (Å²) in [6.07, 6.45) is 3.32. The third-order valence-electron chi connectivity index (χ3n) is 6.96. The molecular weight excluding hydrogens is 490 g/mol. The van der Waals surface area contributed by atoms with Crippen LogP contribution in [0.25, 0.3) is 0 Å². The Bertz CT molecular complexity index is 1430. The van der Waals surface area contributed by atoms with Gasteiger partial charge in [-0.3, -0.25) is 9.98 Å². The molecule has 3 heterocycles.